The molecule has 45 heavy (non-hydrogen) atoms. The molecular formula is C35H36N4O6. The predicted molar refractivity (Wildman–Crippen MR) is 165 cm³/mol. The zero-order chi connectivity index (χ0) is 30.9. The first-order chi connectivity index (χ1) is 22.1. The second kappa shape index (κ2) is 12.5. The number of carbonyl (C=O) groups excluding carboxylic acids is 1. The molecule has 3 aliphatic rings. The maximum Gasteiger partial charge on any atom is 0.337 e. The van der Waals surface area contributed by atoms with Crippen LogP contribution in [0.15, 0.2) is 60.7 Å². The summed E-state index contributed by atoms with van der Waals surface area (Å²) in [7, 11) is 3.10. The third-order valence-corrected chi connectivity index (χ3v) is 9.28. The number of rotatable bonds is 7. The van der Waals surface area contributed by atoms with Gasteiger partial charge in [-0.05, 0) is 73.8 Å². The normalized spacial score (nSPS) is 21.9. The van der Waals surface area contributed by atoms with E-state index < -0.39 is 0 Å². The van der Waals surface area contributed by atoms with Crippen molar-refractivity contribution in [2.45, 2.75) is 43.6 Å². The number of nitrogens with zero attached hydrogens (tertiary/aromatic N) is 4. The molecule has 4 aromatic rings. The molecule has 0 amide bonds. The van der Waals surface area contributed by atoms with Gasteiger partial charge in [-0.15, -0.1) is 0 Å². The molecule has 1 aromatic heterocycles. The number of likely N-dealkylation sites (tertiary alicyclic amines) is 1. The molecule has 7 rings (SSSR count). The number of aromatic nitrogens is 2. The van der Waals surface area contributed by atoms with Crippen molar-refractivity contribution in [3.63, 3.8) is 0 Å². The molecule has 0 N–H and O–H groups in total. The summed E-state index contributed by atoms with van der Waals surface area (Å²) in [5.41, 5.74) is 5.02. The summed E-state index contributed by atoms with van der Waals surface area (Å²) in [5.74, 6) is 2.53. The van der Waals surface area contributed by atoms with Crippen LogP contribution in [0.2, 0.25) is 0 Å². The maximum absolute atomic E-state index is 12.3. The summed E-state index contributed by atoms with van der Waals surface area (Å²) in [6, 6.07) is 21.3. The zero-order valence-corrected chi connectivity index (χ0v) is 25.5. The molecule has 232 valence electrons. The van der Waals surface area contributed by atoms with Crippen molar-refractivity contribution in [2.24, 2.45) is 0 Å². The van der Waals surface area contributed by atoms with Gasteiger partial charge in [0.15, 0.2) is 17.6 Å². The van der Waals surface area contributed by atoms with Crippen molar-refractivity contribution in [2.75, 3.05) is 47.1 Å². The standard InChI is InChI=1S/C35H36N4O6/c1-41-32-20-43-19-29(32)39-28-16-25(35(40)42-2)10-11-27(28)37-33(39)18-38-14-12-23(13-15-38)26-4-3-5-30-34(26)44-21-31(45-30)24-8-6-22(17-36)7-9-24/h3-11,16,23,29,31-32H,12-15,18-21H2,1-2H3/t29-,31-,32+/m0/s1. The Morgan fingerprint density at radius 2 is 1.87 bits per heavy atom. The van der Waals surface area contributed by atoms with Crippen molar-refractivity contribution < 1.29 is 28.5 Å². The second-order valence-corrected chi connectivity index (χ2v) is 11.8. The van der Waals surface area contributed by atoms with Gasteiger partial charge < -0.3 is 28.3 Å². The largest absolute Gasteiger partial charge is 0.485 e. The van der Waals surface area contributed by atoms with E-state index in [0.717, 1.165) is 59.9 Å². The lowest BCUT2D eigenvalue weighted by molar-refractivity contribution is 0.0600. The number of esters is 1. The molecule has 0 saturated carbocycles. The Balaban J connectivity index is 1.07. The van der Waals surface area contributed by atoms with Crippen LogP contribution in [0, 0.1) is 11.3 Å². The zero-order valence-electron chi connectivity index (χ0n) is 25.5. The summed E-state index contributed by atoms with van der Waals surface area (Å²) in [6.45, 7) is 3.97. The Hall–Kier alpha value is -4.43. The molecule has 3 aliphatic heterocycles. The summed E-state index contributed by atoms with van der Waals surface area (Å²) in [6.07, 6.45) is 1.65. The number of para-hydroxylation sites is 1. The van der Waals surface area contributed by atoms with Crippen LogP contribution in [-0.4, -0.2) is 73.7 Å². The van der Waals surface area contributed by atoms with Gasteiger partial charge in [-0.1, -0.05) is 24.3 Å². The fraction of sp³-hybridized carbons (Fsp3) is 0.400. The van der Waals surface area contributed by atoms with E-state index in [1.165, 1.54) is 12.7 Å². The van der Waals surface area contributed by atoms with Crippen molar-refractivity contribution in [3.8, 4) is 17.6 Å². The fourth-order valence-corrected chi connectivity index (χ4v) is 6.85. The van der Waals surface area contributed by atoms with Crippen molar-refractivity contribution in [3.05, 3.63) is 88.7 Å². The van der Waals surface area contributed by atoms with Crippen LogP contribution in [0.4, 0.5) is 0 Å². The lowest BCUT2D eigenvalue weighted by Gasteiger charge is -2.35. The second-order valence-electron chi connectivity index (χ2n) is 11.8. The molecule has 3 aromatic carbocycles. The first kappa shape index (κ1) is 29.3. The lowest BCUT2D eigenvalue weighted by atomic mass is 9.88. The third kappa shape index (κ3) is 5.63. The number of hydrogen-bond acceptors (Lipinski definition) is 9. The van der Waals surface area contributed by atoms with Crippen LogP contribution >= 0.6 is 0 Å². The first-order valence-corrected chi connectivity index (χ1v) is 15.4. The molecule has 0 spiro atoms. The minimum absolute atomic E-state index is 0.0402. The number of piperidine rings is 1. The Bertz CT molecular complexity index is 1740. The Morgan fingerprint density at radius 3 is 2.62 bits per heavy atom. The van der Waals surface area contributed by atoms with Gasteiger partial charge in [0.2, 0.25) is 0 Å². The molecular weight excluding hydrogens is 572 g/mol. The molecule has 2 fully saturated rings. The van der Waals surface area contributed by atoms with Gasteiger partial charge >= 0.3 is 5.97 Å². The van der Waals surface area contributed by atoms with E-state index in [1.807, 2.05) is 48.5 Å². The van der Waals surface area contributed by atoms with E-state index in [2.05, 4.69) is 21.6 Å². The highest BCUT2D eigenvalue weighted by Crippen LogP contribution is 2.44. The number of methoxy groups -OCH3 is 2. The summed E-state index contributed by atoms with van der Waals surface area (Å²) < 4.78 is 31.5. The van der Waals surface area contributed by atoms with Crippen LogP contribution in [-0.2, 0) is 20.8 Å². The number of hydrogen-bond donors (Lipinski definition) is 0. The fourth-order valence-electron chi connectivity index (χ4n) is 6.85. The molecule has 0 unspecified atom stereocenters. The van der Waals surface area contributed by atoms with Gasteiger partial charge in [0.05, 0.1) is 61.1 Å². The Morgan fingerprint density at radius 1 is 1.04 bits per heavy atom. The highest BCUT2D eigenvalue weighted by molar-refractivity contribution is 5.93. The minimum Gasteiger partial charge on any atom is -0.485 e. The molecule has 2 saturated heterocycles. The highest BCUT2D eigenvalue weighted by atomic mass is 16.6. The summed E-state index contributed by atoms with van der Waals surface area (Å²) >= 11 is 0. The number of benzene rings is 3. The number of ether oxygens (including phenoxy) is 5. The first-order valence-electron chi connectivity index (χ1n) is 15.4. The van der Waals surface area contributed by atoms with Gasteiger partial charge in [-0.2, -0.15) is 5.26 Å². The molecule has 0 aliphatic carbocycles. The van der Waals surface area contributed by atoms with Crippen LogP contribution in [0.5, 0.6) is 11.5 Å². The molecule has 3 atom stereocenters. The average Bonchev–Trinajstić information content (AvgIpc) is 3.71. The van der Waals surface area contributed by atoms with E-state index in [9.17, 15) is 4.79 Å². The van der Waals surface area contributed by atoms with Crippen molar-refractivity contribution in [1.82, 2.24) is 14.5 Å². The van der Waals surface area contributed by atoms with Crippen LogP contribution in [0.25, 0.3) is 11.0 Å². The molecule has 0 radical (unpaired) electrons. The van der Waals surface area contributed by atoms with Crippen LogP contribution < -0.4 is 9.47 Å². The van der Waals surface area contributed by atoms with Gasteiger partial charge in [0, 0.05) is 12.7 Å². The van der Waals surface area contributed by atoms with Crippen LogP contribution in [0.3, 0.4) is 0 Å². The molecule has 4 heterocycles. The topological polar surface area (TPSA) is 108 Å². The van der Waals surface area contributed by atoms with E-state index >= 15 is 0 Å². The van der Waals surface area contributed by atoms with Crippen molar-refractivity contribution >= 4 is 17.0 Å². The monoisotopic (exact) mass is 608 g/mol. The number of carbonyl (C=O) groups is 1. The number of fused-ring (bicyclic) bond motifs is 2. The number of nitriles is 1. The molecule has 0 bridgehead atoms. The van der Waals surface area contributed by atoms with Gasteiger partial charge in [-0.3, -0.25) is 4.90 Å². The molecule has 10 nitrogen and oxygen atoms in total. The van der Waals surface area contributed by atoms with E-state index in [-0.39, 0.29) is 24.2 Å². The maximum atomic E-state index is 12.3. The smallest absolute Gasteiger partial charge is 0.337 e. The summed E-state index contributed by atoms with van der Waals surface area (Å²) in [5, 5.41) is 9.12. The van der Waals surface area contributed by atoms with E-state index in [0.29, 0.717) is 43.4 Å². The van der Waals surface area contributed by atoms with Crippen LogP contribution in [0.1, 0.15) is 63.8 Å². The highest BCUT2D eigenvalue weighted by Gasteiger charge is 2.34. The Labute approximate surface area is 262 Å². The Kier molecular flexibility index (Phi) is 8.15. The average molecular weight is 609 g/mol. The lowest BCUT2D eigenvalue weighted by Crippen LogP contribution is -2.35. The SMILES string of the molecule is COC(=O)c1ccc2nc(CN3CCC(c4cccc5c4OC[C@@H](c4ccc(C#N)cc4)O5)CC3)n([C@H]3COC[C@H]3OC)c2c1. The predicted octanol–water partition coefficient (Wildman–Crippen LogP) is 5.17. The van der Waals surface area contributed by atoms with Gasteiger partial charge in [0.25, 0.3) is 0 Å². The van der Waals surface area contributed by atoms with E-state index in [4.69, 9.17) is 33.9 Å². The van der Waals surface area contributed by atoms with Gasteiger partial charge in [-0.25, -0.2) is 9.78 Å². The van der Waals surface area contributed by atoms with Crippen molar-refractivity contribution in [1.29, 1.82) is 5.26 Å². The van der Waals surface area contributed by atoms with E-state index in [1.54, 1.807) is 13.2 Å². The quantitative estimate of drug-likeness (QED) is 0.263. The third-order valence-electron chi connectivity index (χ3n) is 9.28. The molecule has 10 heteroatoms. The number of imidazole rings is 1. The minimum atomic E-state index is -0.374. The summed E-state index contributed by atoms with van der Waals surface area (Å²) in [4.78, 5) is 19.8. The van der Waals surface area contributed by atoms with Gasteiger partial charge in [0.1, 0.15) is 18.5 Å².